The van der Waals surface area contributed by atoms with Gasteiger partial charge in [-0.05, 0) is 41.0 Å². The van der Waals surface area contributed by atoms with Gasteiger partial charge in [-0.25, -0.2) is 0 Å². The minimum atomic E-state index is 0.626. The van der Waals surface area contributed by atoms with Crippen LogP contribution in [0.5, 0.6) is 0 Å². The smallest absolute Gasteiger partial charge is 0.171 e. The van der Waals surface area contributed by atoms with Crippen LogP contribution in [-0.2, 0) is 6.54 Å². The Bertz CT molecular complexity index is 753. The second kappa shape index (κ2) is 7.56. The Morgan fingerprint density at radius 2 is 1.26 bits per heavy atom. The maximum Gasteiger partial charge on any atom is 0.171 e. The lowest BCUT2D eigenvalue weighted by atomic mass is 10.1. The predicted octanol–water partition coefficient (Wildman–Crippen LogP) is 4.84. The Hall–Kier alpha value is -2.65. The van der Waals surface area contributed by atoms with E-state index < -0.39 is 0 Å². The van der Waals surface area contributed by atoms with Crippen LogP contribution in [0.1, 0.15) is 5.56 Å². The number of anilines is 1. The second-order valence-electron chi connectivity index (χ2n) is 5.24. The van der Waals surface area contributed by atoms with Crippen molar-refractivity contribution in [2.75, 3.05) is 5.32 Å². The standard InChI is InChI=1S/C20H18N2S/c23-20(21-15-16-7-3-1-4-8-16)22-19-13-11-18(12-14-19)17-9-5-2-6-10-17/h1-14H,15H2,(H2,21,22,23). The molecule has 2 nitrogen and oxygen atoms in total. The van der Waals surface area contributed by atoms with Crippen LogP contribution in [0.3, 0.4) is 0 Å². The molecule has 3 rings (SSSR count). The van der Waals surface area contributed by atoms with Crippen LogP contribution in [0, 0.1) is 0 Å². The van der Waals surface area contributed by atoms with Crippen molar-refractivity contribution in [1.82, 2.24) is 5.32 Å². The fourth-order valence-corrected chi connectivity index (χ4v) is 2.52. The number of nitrogens with one attached hydrogen (secondary N) is 2. The van der Waals surface area contributed by atoms with Crippen molar-refractivity contribution in [1.29, 1.82) is 0 Å². The number of hydrogen-bond donors (Lipinski definition) is 2. The summed E-state index contributed by atoms with van der Waals surface area (Å²) in [5.41, 5.74) is 4.59. The third-order valence-electron chi connectivity index (χ3n) is 3.55. The summed E-state index contributed by atoms with van der Waals surface area (Å²) in [6.45, 7) is 0.717. The third kappa shape index (κ3) is 4.41. The topological polar surface area (TPSA) is 24.1 Å². The van der Waals surface area contributed by atoms with E-state index in [-0.39, 0.29) is 0 Å². The molecule has 0 aliphatic heterocycles. The van der Waals surface area contributed by atoms with E-state index in [1.807, 2.05) is 48.5 Å². The van der Waals surface area contributed by atoms with Gasteiger partial charge in [0.2, 0.25) is 0 Å². The van der Waals surface area contributed by atoms with Gasteiger partial charge in [0.25, 0.3) is 0 Å². The van der Waals surface area contributed by atoms with E-state index in [4.69, 9.17) is 12.2 Å². The van der Waals surface area contributed by atoms with Gasteiger partial charge in [0.15, 0.2) is 5.11 Å². The SMILES string of the molecule is S=C(NCc1ccccc1)Nc1ccc(-c2ccccc2)cc1. The normalized spacial score (nSPS) is 10.1. The van der Waals surface area contributed by atoms with Gasteiger partial charge < -0.3 is 10.6 Å². The lowest BCUT2D eigenvalue weighted by molar-refractivity contribution is 0.926. The Kier molecular flexibility index (Phi) is 5.02. The number of hydrogen-bond acceptors (Lipinski definition) is 1. The molecule has 0 heterocycles. The summed E-state index contributed by atoms with van der Waals surface area (Å²) < 4.78 is 0. The van der Waals surface area contributed by atoms with Crippen molar-refractivity contribution in [3.05, 3.63) is 90.5 Å². The molecule has 0 unspecified atom stereocenters. The molecule has 2 N–H and O–H groups in total. The highest BCUT2D eigenvalue weighted by molar-refractivity contribution is 7.80. The highest BCUT2D eigenvalue weighted by Gasteiger charge is 2.00. The second-order valence-corrected chi connectivity index (χ2v) is 5.64. The molecule has 0 radical (unpaired) electrons. The van der Waals surface area contributed by atoms with E-state index in [2.05, 4.69) is 47.0 Å². The summed E-state index contributed by atoms with van der Waals surface area (Å²) in [7, 11) is 0. The van der Waals surface area contributed by atoms with Gasteiger partial charge in [0.1, 0.15) is 0 Å². The molecule has 0 atom stereocenters. The zero-order valence-electron chi connectivity index (χ0n) is 12.7. The summed E-state index contributed by atoms with van der Waals surface area (Å²) in [6.07, 6.45) is 0. The number of thiocarbonyl (C=S) groups is 1. The van der Waals surface area contributed by atoms with Gasteiger partial charge in [-0.15, -0.1) is 0 Å². The molecule has 0 bridgehead atoms. The van der Waals surface area contributed by atoms with Gasteiger partial charge in [-0.2, -0.15) is 0 Å². The maximum absolute atomic E-state index is 5.34. The predicted molar refractivity (Wildman–Crippen MR) is 101 cm³/mol. The Balaban J connectivity index is 1.57. The summed E-state index contributed by atoms with van der Waals surface area (Å²) >= 11 is 5.34. The van der Waals surface area contributed by atoms with Gasteiger partial charge in [-0.1, -0.05) is 72.8 Å². The zero-order chi connectivity index (χ0) is 15.9. The van der Waals surface area contributed by atoms with E-state index in [0.29, 0.717) is 5.11 Å². The third-order valence-corrected chi connectivity index (χ3v) is 3.79. The molecule has 0 aliphatic rings. The molecule has 0 amide bonds. The molecule has 0 aliphatic carbocycles. The molecule has 0 spiro atoms. The fourth-order valence-electron chi connectivity index (χ4n) is 2.33. The molecule has 3 aromatic rings. The fraction of sp³-hybridized carbons (Fsp3) is 0.0500. The molecule has 114 valence electrons. The van der Waals surface area contributed by atoms with E-state index >= 15 is 0 Å². The molecule has 0 saturated heterocycles. The number of rotatable bonds is 4. The summed E-state index contributed by atoms with van der Waals surface area (Å²) in [5, 5.41) is 7.05. The first-order chi connectivity index (χ1) is 11.3. The maximum atomic E-state index is 5.34. The van der Waals surface area contributed by atoms with E-state index in [1.54, 1.807) is 0 Å². The van der Waals surface area contributed by atoms with E-state index in [1.165, 1.54) is 16.7 Å². The van der Waals surface area contributed by atoms with Crippen molar-refractivity contribution in [2.45, 2.75) is 6.54 Å². The van der Waals surface area contributed by atoms with Crippen molar-refractivity contribution >= 4 is 23.0 Å². The molecule has 0 aromatic heterocycles. The first kappa shape index (κ1) is 15.3. The number of benzene rings is 3. The Morgan fingerprint density at radius 1 is 0.696 bits per heavy atom. The molecular weight excluding hydrogens is 300 g/mol. The first-order valence-electron chi connectivity index (χ1n) is 7.55. The van der Waals surface area contributed by atoms with E-state index in [0.717, 1.165) is 12.2 Å². The average molecular weight is 318 g/mol. The quantitative estimate of drug-likeness (QED) is 0.673. The van der Waals surface area contributed by atoms with Gasteiger partial charge in [0, 0.05) is 12.2 Å². The molecule has 0 saturated carbocycles. The molecular formula is C20H18N2S. The molecule has 3 aromatic carbocycles. The van der Waals surface area contributed by atoms with Crippen molar-refractivity contribution in [2.24, 2.45) is 0 Å². The van der Waals surface area contributed by atoms with Crippen LogP contribution >= 0.6 is 12.2 Å². The van der Waals surface area contributed by atoms with Crippen molar-refractivity contribution < 1.29 is 0 Å². The van der Waals surface area contributed by atoms with Gasteiger partial charge in [-0.3, -0.25) is 0 Å². The van der Waals surface area contributed by atoms with E-state index in [9.17, 15) is 0 Å². The lowest BCUT2D eigenvalue weighted by Gasteiger charge is -2.11. The van der Waals surface area contributed by atoms with Crippen molar-refractivity contribution in [3.63, 3.8) is 0 Å². The summed E-state index contributed by atoms with van der Waals surface area (Å²) in [6, 6.07) is 28.8. The van der Waals surface area contributed by atoms with Crippen LogP contribution in [0.25, 0.3) is 11.1 Å². The highest BCUT2D eigenvalue weighted by Crippen LogP contribution is 2.20. The summed E-state index contributed by atoms with van der Waals surface area (Å²) in [5.74, 6) is 0. The monoisotopic (exact) mass is 318 g/mol. The minimum absolute atomic E-state index is 0.626. The largest absolute Gasteiger partial charge is 0.358 e. The molecule has 0 fully saturated rings. The van der Waals surface area contributed by atoms with Gasteiger partial charge in [0.05, 0.1) is 0 Å². The minimum Gasteiger partial charge on any atom is -0.358 e. The van der Waals surface area contributed by atoms with Crippen LogP contribution < -0.4 is 10.6 Å². The average Bonchev–Trinajstić information content (AvgIpc) is 2.62. The Morgan fingerprint density at radius 3 is 1.91 bits per heavy atom. The lowest BCUT2D eigenvalue weighted by Crippen LogP contribution is -2.27. The molecule has 23 heavy (non-hydrogen) atoms. The zero-order valence-corrected chi connectivity index (χ0v) is 13.5. The van der Waals surface area contributed by atoms with Crippen molar-refractivity contribution in [3.8, 4) is 11.1 Å². The van der Waals surface area contributed by atoms with Gasteiger partial charge >= 0.3 is 0 Å². The first-order valence-corrected chi connectivity index (χ1v) is 7.96. The highest BCUT2D eigenvalue weighted by atomic mass is 32.1. The Labute approximate surface area is 142 Å². The van der Waals surface area contributed by atoms with Crippen LogP contribution in [0.2, 0.25) is 0 Å². The molecule has 3 heteroatoms. The van der Waals surface area contributed by atoms with Crippen LogP contribution in [-0.4, -0.2) is 5.11 Å². The summed E-state index contributed by atoms with van der Waals surface area (Å²) in [4.78, 5) is 0. The van der Waals surface area contributed by atoms with Crippen LogP contribution in [0.15, 0.2) is 84.9 Å². The van der Waals surface area contributed by atoms with Crippen LogP contribution in [0.4, 0.5) is 5.69 Å².